The maximum absolute atomic E-state index is 5.34. The number of benzene rings is 1. The molecule has 1 aromatic carbocycles. The van der Waals surface area contributed by atoms with Crippen molar-refractivity contribution in [3.63, 3.8) is 0 Å². The number of halogens is 1. The van der Waals surface area contributed by atoms with E-state index >= 15 is 0 Å². The minimum Gasteiger partial charge on any atom is -0.496 e. The van der Waals surface area contributed by atoms with Crippen LogP contribution in [-0.4, -0.2) is 21.7 Å². The van der Waals surface area contributed by atoms with Gasteiger partial charge in [-0.2, -0.15) is 5.10 Å². The van der Waals surface area contributed by atoms with Gasteiger partial charge < -0.3 is 4.74 Å². The van der Waals surface area contributed by atoms with E-state index in [0.717, 1.165) is 27.3 Å². The molecule has 3 aromatic rings. The Labute approximate surface area is 119 Å². The van der Waals surface area contributed by atoms with E-state index in [2.05, 4.69) is 26.0 Å². The number of pyridine rings is 1. The summed E-state index contributed by atoms with van der Waals surface area (Å²) < 4.78 is 8.06. The number of rotatable bonds is 3. The maximum Gasteiger partial charge on any atom is 0.169 e. The lowest BCUT2D eigenvalue weighted by molar-refractivity contribution is 0.410. The number of nitrogens with zero attached hydrogens (tertiary/aromatic N) is 3. The highest BCUT2D eigenvalue weighted by atomic mass is 79.9. The summed E-state index contributed by atoms with van der Waals surface area (Å²) in [6.45, 7) is 0. The lowest BCUT2D eigenvalue weighted by Gasteiger charge is -2.05. The Hall–Kier alpha value is -1.88. The van der Waals surface area contributed by atoms with Crippen LogP contribution in [0.4, 0.5) is 0 Å². The molecule has 0 N–H and O–H groups in total. The smallest absolute Gasteiger partial charge is 0.169 e. The molecule has 0 spiro atoms. The molecule has 96 valence electrons. The van der Waals surface area contributed by atoms with E-state index in [1.807, 2.05) is 42.6 Å². The molecule has 19 heavy (non-hydrogen) atoms. The third kappa shape index (κ3) is 2.33. The van der Waals surface area contributed by atoms with Crippen LogP contribution in [0.3, 0.4) is 0 Å². The molecule has 4 nitrogen and oxygen atoms in total. The Morgan fingerprint density at radius 3 is 2.84 bits per heavy atom. The molecule has 0 bridgehead atoms. The van der Waals surface area contributed by atoms with Gasteiger partial charge in [0.1, 0.15) is 5.75 Å². The zero-order chi connectivity index (χ0) is 13.2. The second-order valence-electron chi connectivity index (χ2n) is 4.14. The molecule has 0 aliphatic heterocycles. The van der Waals surface area contributed by atoms with Crippen LogP contribution in [0.1, 0.15) is 11.4 Å². The summed E-state index contributed by atoms with van der Waals surface area (Å²) in [6.07, 6.45) is 2.54. The van der Waals surface area contributed by atoms with Crippen molar-refractivity contribution in [1.82, 2.24) is 14.6 Å². The molecule has 3 rings (SSSR count). The van der Waals surface area contributed by atoms with Crippen molar-refractivity contribution in [2.24, 2.45) is 0 Å². The molecular weight excluding hydrogens is 306 g/mol. The van der Waals surface area contributed by atoms with Gasteiger partial charge in [0.05, 0.1) is 11.6 Å². The molecule has 0 saturated carbocycles. The fraction of sp³-hybridized carbons (Fsp3) is 0.143. The summed E-state index contributed by atoms with van der Waals surface area (Å²) in [5.74, 6) is 1.64. The van der Waals surface area contributed by atoms with Crippen molar-refractivity contribution in [3.8, 4) is 5.75 Å². The molecule has 0 unspecified atom stereocenters. The van der Waals surface area contributed by atoms with Gasteiger partial charge in [-0.1, -0.05) is 18.2 Å². The second kappa shape index (κ2) is 5.01. The van der Waals surface area contributed by atoms with E-state index in [4.69, 9.17) is 4.74 Å². The second-order valence-corrected chi connectivity index (χ2v) is 5.00. The summed E-state index contributed by atoms with van der Waals surface area (Å²) >= 11 is 3.48. The molecule has 0 atom stereocenters. The van der Waals surface area contributed by atoms with Crippen LogP contribution in [0.5, 0.6) is 5.75 Å². The minimum absolute atomic E-state index is 0.651. The van der Waals surface area contributed by atoms with Gasteiger partial charge >= 0.3 is 0 Å². The Morgan fingerprint density at radius 2 is 2.05 bits per heavy atom. The predicted molar refractivity (Wildman–Crippen MR) is 76.5 cm³/mol. The fourth-order valence-electron chi connectivity index (χ4n) is 2.01. The van der Waals surface area contributed by atoms with Gasteiger partial charge in [-0.05, 0) is 34.1 Å². The van der Waals surface area contributed by atoms with Gasteiger partial charge in [0.25, 0.3) is 0 Å². The van der Waals surface area contributed by atoms with Crippen LogP contribution in [0, 0.1) is 0 Å². The summed E-state index contributed by atoms with van der Waals surface area (Å²) in [4.78, 5) is 4.53. The maximum atomic E-state index is 5.34. The molecular formula is C14H12BrN3O. The lowest BCUT2D eigenvalue weighted by Crippen LogP contribution is -1.95. The van der Waals surface area contributed by atoms with E-state index in [-0.39, 0.29) is 0 Å². The average molecular weight is 318 g/mol. The van der Waals surface area contributed by atoms with Crippen molar-refractivity contribution >= 4 is 21.6 Å². The standard InChI is InChI=1S/C14H12BrN3O/c1-19-12-7-3-2-5-10(12)9-13-16-14-11(15)6-4-8-18(14)17-13/h2-8H,9H2,1H3. The van der Waals surface area contributed by atoms with E-state index in [9.17, 15) is 0 Å². The summed E-state index contributed by atoms with van der Waals surface area (Å²) in [5.41, 5.74) is 1.91. The number of ether oxygens (including phenoxy) is 1. The Morgan fingerprint density at radius 1 is 1.21 bits per heavy atom. The van der Waals surface area contributed by atoms with E-state index in [0.29, 0.717) is 6.42 Å². The summed E-state index contributed by atoms with van der Waals surface area (Å²) in [6, 6.07) is 11.8. The van der Waals surface area contributed by atoms with Crippen molar-refractivity contribution in [3.05, 3.63) is 58.5 Å². The van der Waals surface area contributed by atoms with Gasteiger partial charge in [-0.3, -0.25) is 0 Å². The first-order chi connectivity index (χ1) is 9.28. The Bertz CT molecular complexity index is 724. The van der Waals surface area contributed by atoms with Crippen molar-refractivity contribution in [2.75, 3.05) is 7.11 Å². The molecule has 0 fully saturated rings. The first-order valence-electron chi connectivity index (χ1n) is 5.89. The number of methoxy groups -OCH3 is 1. The Kier molecular flexibility index (Phi) is 3.21. The predicted octanol–water partition coefficient (Wildman–Crippen LogP) is 3.09. The molecule has 0 radical (unpaired) electrons. The van der Waals surface area contributed by atoms with E-state index in [1.54, 1.807) is 11.6 Å². The number of para-hydroxylation sites is 1. The quantitative estimate of drug-likeness (QED) is 0.745. The molecule has 2 aromatic heterocycles. The highest BCUT2D eigenvalue weighted by molar-refractivity contribution is 9.10. The number of fused-ring (bicyclic) bond motifs is 1. The number of hydrogen-bond donors (Lipinski definition) is 0. The van der Waals surface area contributed by atoms with Gasteiger partial charge in [0.15, 0.2) is 11.5 Å². The van der Waals surface area contributed by atoms with Crippen molar-refractivity contribution in [2.45, 2.75) is 6.42 Å². The third-order valence-corrected chi connectivity index (χ3v) is 3.52. The molecule has 0 aliphatic carbocycles. The minimum atomic E-state index is 0.651. The Balaban J connectivity index is 1.99. The average Bonchev–Trinajstić information content (AvgIpc) is 2.83. The van der Waals surface area contributed by atoms with Gasteiger partial charge in [-0.25, -0.2) is 9.50 Å². The van der Waals surface area contributed by atoms with Crippen LogP contribution < -0.4 is 4.74 Å². The molecule has 0 aliphatic rings. The number of hydrogen-bond acceptors (Lipinski definition) is 3. The van der Waals surface area contributed by atoms with Gasteiger partial charge in [-0.15, -0.1) is 0 Å². The molecule has 2 heterocycles. The summed E-state index contributed by atoms with van der Waals surface area (Å²) in [7, 11) is 1.67. The van der Waals surface area contributed by atoms with Crippen LogP contribution in [-0.2, 0) is 6.42 Å². The molecule has 0 saturated heterocycles. The van der Waals surface area contributed by atoms with Crippen LogP contribution in [0.15, 0.2) is 47.1 Å². The molecule has 0 amide bonds. The first kappa shape index (κ1) is 12.2. The van der Waals surface area contributed by atoms with Gasteiger partial charge in [0.2, 0.25) is 0 Å². The topological polar surface area (TPSA) is 39.4 Å². The van der Waals surface area contributed by atoms with E-state index in [1.165, 1.54) is 0 Å². The van der Waals surface area contributed by atoms with Crippen molar-refractivity contribution in [1.29, 1.82) is 0 Å². The number of aromatic nitrogens is 3. The largest absolute Gasteiger partial charge is 0.496 e. The summed E-state index contributed by atoms with van der Waals surface area (Å²) in [5, 5.41) is 4.46. The molecule has 5 heteroatoms. The zero-order valence-electron chi connectivity index (χ0n) is 10.4. The zero-order valence-corrected chi connectivity index (χ0v) is 12.0. The van der Waals surface area contributed by atoms with Crippen LogP contribution in [0.25, 0.3) is 5.65 Å². The van der Waals surface area contributed by atoms with Gasteiger partial charge in [0, 0.05) is 18.2 Å². The monoisotopic (exact) mass is 317 g/mol. The first-order valence-corrected chi connectivity index (χ1v) is 6.69. The van der Waals surface area contributed by atoms with Crippen LogP contribution in [0.2, 0.25) is 0 Å². The van der Waals surface area contributed by atoms with Crippen molar-refractivity contribution < 1.29 is 4.74 Å². The van der Waals surface area contributed by atoms with E-state index < -0.39 is 0 Å². The van der Waals surface area contributed by atoms with Crippen LogP contribution >= 0.6 is 15.9 Å². The lowest BCUT2D eigenvalue weighted by atomic mass is 10.1. The fourth-order valence-corrected chi connectivity index (χ4v) is 2.44. The SMILES string of the molecule is COc1ccccc1Cc1nc2c(Br)cccn2n1. The normalized spacial score (nSPS) is 10.8. The highest BCUT2D eigenvalue weighted by Crippen LogP contribution is 2.21. The third-order valence-electron chi connectivity index (χ3n) is 2.90. The highest BCUT2D eigenvalue weighted by Gasteiger charge is 2.09.